The third-order valence-electron chi connectivity index (χ3n) is 5.69. The average molecular weight is 542 g/mol. The first-order valence-electron chi connectivity index (χ1n) is 10.5. The van der Waals surface area contributed by atoms with Gasteiger partial charge in [0.05, 0.1) is 5.39 Å². The van der Waals surface area contributed by atoms with Crippen LogP contribution in [0.4, 0.5) is 26.3 Å². The smallest absolute Gasteiger partial charge is 0.425 e. The molecule has 0 saturated heterocycles. The van der Waals surface area contributed by atoms with Crippen molar-refractivity contribution in [3.8, 4) is 0 Å². The van der Waals surface area contributed by atoms with Crippen molar-refractivity contribution in [1.29, 1.82) is 0 Å². The van der Waals surface area contributed by atoms with Gasteiger partial charge in [0.15, 0.2) is 0 Å². The van der Waals surface area contributed by atoms with Crippen molar-refractivity contribution in [3.63, 3.8) is 0 Å². The molecule has 0 unspecified atom stereocenters. The first-order chi connectivity index (χ1) is 17.3. The first kappa shape index (κ1) is 26.2. The van der Waals surface area contributed by atoms with Gasteiger partial charge in [-0.2, -0.15) is 26.3 Å². The molecule has 0 aliphatic carbocycles. The number of aryl methyl sites for hydroxylation is 1. The summed E-state index contributed by atoms with van der Waals surface area (Å²) in [6.07, 6.45) is -12.3. The van der Waals surface area contributed by atoms with Gasteiger partial charge in [0.1, 0.15) is 16.3 Å². The van der Waals surface area contributed by atoms with Gasteiger partial charge < -0.3 is 4.74 Å². The maximum atomic E-state index is 14.4. The number of fused-ring (bicyclic) bond motifs is 1. The molecule has 2 heterocycles. The Balaban J connectivity index is 1.95. The third kappa shape index (κ3) is 4.22. The van der Waals surface area contributed by atoms with E-state index in [1.54, 1.807) is 30.3 Å². The number of aromatic nitrogens is 2. The number of halogens is 6. The Bertz CT molecular complexity index is 1560. The van der Waals surface area contributed by atoms with E-state index in [9.17, 15) is 40.7 Å². The molecule has 0 amide bonds. The van der Waals surface area contributed by atoms with Crippen molar-refractivity contribution in [3.05, 3.63) is 104 Å². The van der Waals surface area contributed by atoms with Crippen LogP contribution in [0.15, 0.2) is 76.3 Å². The molecular weight excluding hydrogens is 526 g/mol. The Kier molecular flexibility index (Phi) is 6.52. The molecule has 6 nitrogen and oxygen atoms in total. The fourth-order valence-corrected chi connectivity index (χ4v) is 4.97. The highest BCUT2D eigenvalue weighted by molar-refractivity contribution is 7.20. The van der Waals surface area contributed by atoms with Gasteiger partial charge in [0, 0.05) is 7.05 Å². The number of alkyl halides is 6. The average Bonchev–Trinajstić information content (AvgIpc) is 3.29. The maximum absolute atomic E-state index is 14.4. The van der Waals surface area contributed by atoms with Gasteiger partial charge in [-0.05, 0) is 17.2 Å². The molecule has 0 bridgehead atoms. The lowest BCUT2D eigenvalue weighted by molar-refractivity contribution is -0.315. The summed E-state index contributed by atoms with van der Waals surface area (Å²) < 4.78 is 91.4. The predicted octanol–water partition coefficient (Wildman–Crippen LogP) is 4.99. The largest absolute Gasteiger partial charge is 0.457 e. The molecule has 0 atom stereocenters. The molecule has 0 aliphatic heterocycles. The van der Waals surface area contributed by atoms with Crippen molar-refractivity contribution in [2.24, 2.45) is 7.05 Å². The zero-order chi connectivity index (χ0) is 27.2. The number of hydrogen-bond acceptors (Lipinski definition) is 5. The van der Waals surface area contributed by atoms with E-state index in [1.807, 2.05) is 0 Å². The van der Waals surface area contributed by atoms with E-state index in [4.69, 9.17) is 4.74 Å². The van der Waals surface area contributed by atoms with Crippen molar-refractivity contribution >= 4 is 27.5 Å². The molecular formula is C24H16F6N2O4S. The van der Waals surface area contributed by atoms with E-state index in [0.717, 1.165) is 25.2 Å². The second-order valence-corrected chi connectivity index (χ2v) is 8.98. The Morgan fingerprint density at radius 2 is 1.43 bits per heavy atom. The summed E-state index contributed by atoms with van der Waals surface area (Å²) in [5.41, 5.74) is -9.45. The van der Waals surface area contributed by atoms with Crippen LogP contribution in [0.2, 0.25) is 0 Å². The lowest BCUT2D eigenvalue weighted by Gasteiger charge is -2.38. The molecule has 0 saturated carbocycles. The normalized spacial score (nSPS) is 12.6. The SMILES string of the molecule is Cn1c(=O)n(C(c2ccccc2)(C(F)(F)F)C(F)(F)F)c(=O)c2cc(C(=O)OCc3ccccc3)sc21. The molecule has 0 N–H and O–H groups in total. The summed E-state index contributed by atoms with van der Waals surface area (Å²) in [5, 5.41) is -0.674. The van der Waals surface area contributed by atoms with E-state index in [1.165, 1.54) is 6.07 Å². The number of thiophene rings is 1. The summed E-state index contributed by atoms with van der Waals surface area (Å²) in [6.45, 7) is -0.170. The van der Waals surface area contributed by atoms with Crippen LogP contribution >= 0.6 is 11.3 Å². The van der Waals surface area contributed by atoms with Gasteiger partial charge in [-0.25, -0.2) is 14.2 Å². The minimum absolute atomic E-state index is 0.170. The second kappa shape index (κ2) is 9.21. The van der Waals surface area contributed by atoms with Crippen LogP contribution in [0.3, 0.4) is 0 Å². The second-order valence-electron chi connectivity index (χ2n) is 7.95. The van der Waals surface area contributed by atoms with Crippen LogP contribution in [0.25, 0.3) is 10.2 Å². The van der Waals surface area contributed by atoms with Crippen LogP contribution < -0.4 is 11.2 Å². The Hall–Kier alpha value is -3.87. The van der Waals surface area contributed by atoms with Crippen LogP contribution in [-0.4, -0.2) is 27.5 Å². The number of esters is 1. The topological polar surface area (TPSA) is 70.3 Å². The van der Waals surface area contributed by atoms with Crippen molar-refractivity contribution in [2.75, 3.05) is 0 Å². The molecule has 4 aromatic rings. The number of hydrogen-bond donors (Lipinski definition) is 0. The zero-order valence-corrected chi connectivity index (χ0v) is 19.6. The van der Waals surface area contributed by atoms with Gasteiger partial charge in [0.2, 0.25) is 0 Å². The molecule has 13 heteroatoms. The number of ether oxygens (including phenoxy) is 1. The third-order valence-corrected chi connectivity index (χ3v) is 6.88. The van der Waals surface area contributed by atoms with E-state index >= 15 is 0 Å². The van der Waals surface area contributed by atoms with Crippen LogP contribution in [0, 0.1) is 0 Å². The fourth-order valence-electron chi connectivity index (χ4n) is 3.97. The summed E-state index contributed by atoms with van der Waals surface area (Å²) in [5.74, 6) is -0.968. The van der Waals surface area contributed by atoms with Gasteiger partial charge in [-0.1, -0.05) is 60.7 Å². The van der Waals surface area contributed by atoms with Crippen molar-refractivity contribution < 1.29 is 35.9 Å². The summed E-state index contributed by atoms with van der Waals surface area (Å²) in [6, 6.07) is 13.4. The molecule has 0 radical (unpaired) electrons. The number of benzene rings is 2. The molecule has 37 heavy (non-hydrogen) atoms. The standard InChI is InChI=1S/C24H16F6N2O4S/c1-31-19-16(12-17(37-19)20(34)36-13-14-8-4-2-5-9-14)18(33)32(21(31)35)22(23(25,26)27,24(28,29)30)15-10-6-3-7-11-15/h2-12H,13H2,1H3. The first-order valence-corrected chi connectivity index (χ1v) is 11.3. The Morgan fingerprint density at radius 3 is 1.97 bits per heavy atom. The summed E-state index contributed by atoms with van der Waals surface area (Å²) >= 11 is 0.538. The van der Waals surface area contributed by atoms with Gasteiger partial charge >= 0.3 is 24.0 Å². The highest BCUT2D eigenvalue weighted by atomic mass is 32.1. The predicted molar refractivity (Wildman–Crippen MR) is 123 cm³/mol. The molecule has 194 valence electrons. The maximum Gasteiger partial charge on any atom is 0.425 e. The van der Waals surface area contributed by atoms with Crippen LogP contribution in [0.1, 0.15) is 20.8 Å². The number of nitrogens with zero attached hydrogens (tertiary/aromatic N) is 2. The quantitative estimate of drug-likeness (QED) is 0.263. The van der Waals surface area contributed by atoms with E-state index in [2.05, 4.69) is 0 Å². The Labute approximate surface area is 208 Å². The number of carbonyl (C=O) groups excluding carboxylic acids is 1. The zero-order valence-electron chi connectivity index (χ0n) is 18.8. The number of rotatable bonds is 5. The van der Waals surface area contributed by atoms with Crippen molar-refractivity contribution in [2.45, 2.75) is 24.5 Å². The minimum Gasteiger partial charge on any atom is -0.457 e. The number of carbonyl (C=O) groups is 1. The molecule has 0 aliphatic rings. The van der Waals surface area contributed by atoms with Crippen LogP contribution in [-0.2, 0) is 23.9 Å². The van der Waals surface area contributed by atoms with Gasteiger partial charge in [0.25, 0.3) is 11.1 Å². The molecule has 2 aromatic carbocycles. The minimum atomic E-state index is -6.15. The lowest BCUT2D eigenvalue weighted by Crippen LogP contribution is -2.66. The van der Waals surface area contributed by atoms with Crippen molar-refractivity contribution in [1.82, 2.24) is 9.13 Å². The van der Waals surface area contributed by atoms with E-state index in [0.29, 0.717) is 33.6 Å². The monoisotopic (exact) mass is 542 g/mol. The molecule has 0 fully saturated rings. The van der Waals surface area contributed by atoms with Gasteiger partial charge in [-0.3, -0.25) is 9.36 Å². The summed E-state index contributed by atoms with van der Waals surface area (Å²) in [7, 11) is 0.915. The molecule has 0 spiro atoms. The molecule has 2 aromatic heterocycles. The summed E-state index contributed by atoms with van der Waals surface area (Å²) in [4.78, 5) is 38.2. The highest BCUT2D eigenvalue weighted by Gasteiger charge is 2.74. The Morgan fingerprint density at radius 1 is 0.892 bits per heavy atom. The fraction of sp³-hybridized carbons (Fsp3) is 0.208. The van der Waals surface area contributed by atoms with E-state index < -0.39 is 50.6 Å². The highest BCUT2D eigenvalue weighted by Crippen LogP contribution is 2.52. The van der Waals surface area contributed by atoms with E-state index in [-0.39, 0.29) is 16.3 Å². The van der Waals surface area contributed by atoms with Gasteiger partial charge in [-0.15, -0.1) is 11.3 Å². The van der Waals surface area contributed by atoms with Crippen LogP contribution in [0.5, 0.6) is 0 Å². The molecule has 4 rings (SSSR count). The lowest BCUT2D eigenvalue weighted by atomic mass is 9.87.